The van der Waals surface area contributed by atoms with E-state index in [9.17, 15) is 9.59 Å². The first kappa shape index (κ1) is 11.2. The Balaban J connectivity index is 4.18. The van der Waals surface area contributed by atoms with Gasteiger partial charge in [0.15, 0.2) is 11.5 Å². The minimum atomic E-state index is -1.69. The number of carbonyl (C=O) groups excluding carboxylic acids is 2. The van der Waals surface area contributed by atoms with Crippen molar-refractivity contribution in [2.45, 2.75) is 11.5 Å². The summed E-state index contributed by atoms with van der Waals surface area (Å²) in [6.45, 7) is 0. The Bertz CT molecular complexity index is 161. The fraction of sp³-hybridized carbons (Fsp3) is 0.667. The standard InChI is InChI=1S/C6H9ClO5/c1-11-5(9)3(7)4(8)6(10)12-2/h3-4,8H,1-2H3/t3-,4-/m0/s1. The molecule has 0 rings (SSSR count). The number of alkyl halides is 1. The lowest BCUT2D eigenvalue weighted by Crippen LogP contribution is -2.37. The summed E-state index contributed by atoms with van der Waals surface area (Å²) in [6, 6.07) is 0. The second kappa shape index (κ2) is 4.95. The van der Waals surface area contributed by atoms with Gasteiger partial charge in [0.1, 0.15) is 0 Å². The average Bonchev–Trinajstić information content (AvgIpc) is 2.12. The van der Waals surface area contributed by atoms with Crippen molar-refractivity contribution in [3.8, 4) is 0 Å². The molecule has 0 aromatic carbocycles. The molecule has 5 nitrogen and oxygen atoms in total. The molecule has 12 heavy (non-hydrogen) atoms. The first-order valence-corrected chi connectivity index (χ1v) is 3.46. The van der Waals surface area contributed by atoms with E-state index in [2.05, 4.69) is 9.47 Å². The molecule has 0 radical (unpaired) electrons. The summed E-state index contributed by atoms with van der Waals surface area (Å²) in [5.41, 5.74) is 0. The van der Waals surface area contributed by atoms with Crippen molar-refractivity contribution in [2.24, 2.45) is 0 Å². The zero-order valence-electron chi connectivity index (χ0n) is 6.61. The number of carbonyl (C=O) groups is 2. The fourth-order valence-electron chi connectivity index (χ4n) is 0.482. The average molecular weight is 197 g/mol. The highest BCUT2D eigenvalue weighted by Crippen LogP contribution is 2.06. The predicted octanol–water partition coefficient (Wildman–Crippen LogP) is -0.699. The molecule has 2 atom stereocenters. The van der Waals surface area contributed by atoms with Crippen LogP contribution in [-0.4, -0.2) is 42.7 Å². The molecular weight excluding hydrogens is 188 g/mol. The molecule has 0 fully saturated rings. The van der Waals surface area contributed by atoms with E-state index in [0.717, 1.165) is 14.2 Å². The number of aliphatic hydroxyl groups excluding tert-OH is 1. The number of hydrogen-bond donors (Lipinski definition) is 1. The minimum absolute atomic E-state index is 0.880. The monoisotopic (exact) mass is 196 g/mol. The Kier molecular flexibility index (Phi) is 4.61. The van der Waals surface area contributed by atoms with Crippen LogP contribution in [0.5, 0.6) is 0 Å². The number of rotatable bonds is 3. The van der Waals surface area contributed by atoms with Crippen LogP contribution in [0.2, 0.25) is 0 Å². The molecule has 0 aliphatic rings. The van der Waals surface area contributed by atoms with Crippen molar-refractivity contribution in [1.29, 1.82) is 0 Å². The Morgan fingerprint density at radius 2 is 1.67 bits per heavy atom. The Morgan fingerprint density at radius 1 is 1.25 bits per heavy atom. The van der Waals surface area contributed by atoms with Gasteiger partial charge in [-0.1, -0.05) is 0 Å². The highest BCUT2D eigenvalue weighted by Gasteiger charge is 2.31. The van der Waals surface area contributed by atoms with Gasteiger partial charge in [0.05, 0.1) is 14.2 Å². The lowest BCUT2D eigenvalue weighted by atomic mass is 10.2. The predicted molar refractivity (Wildman–Crippen MR) is 39.7 cm³/mol. The summed E-state index contributed by atoms with van der Waals surface area (Å²) < 4.78 is 8.34. The lowest BCUT2D eigenvalue weighted by Gasteiger charge is -2.11. The summed E-state index contributed by atoms with van der Waals surface area (Å²) in [6.07, 6.45) is -1.69. The largest absolute Gasteiger partial charge is 0.468 e. The summed E-state index contributed by atoms with van der Waals surface area (Å²) >= 11 is 5.33. The van der Waals surface area contributed by atoms with Crippen LogP contribution in [0.4, 0.5) is 0 Å². The SMILES string of the molecule is COC(=O)[C@@H](O)[C@H](Cl)C(=O)OC. The molecule has 0 amide bonds. The number of aliphatic hydroxyl groups is 1. The molecule has 0 saturated carbocycles. The first-order valence-electron chi connectivity index (χ1n) is 3.02. The van der Waals surface area contributed by atoms with E-state index in [1.54, 1.807) is 0 Å². The molecule has 0 aromatic rings. The molecule has 70 valence electrons. The van der Waals surface area contributed by atoms with Crippen LogP contribution in [-0.2, 0) is 19.1 Å². The third kappa shape index (κ3) is 2.67. The highest BCUT2D eigenvalue weighted by molar-refractivity contribution is 6.31. The summed E-state index contributed by atoms with van der Waals surface area (Å²) in [4.78, 5) is 21.3. The maximum absolute atomic E-state index is 10.7. The first-order chi connectivity index (χ1) is 5.54. The van der Waals surface area contributed by atoms with E-state index in [1.807, 2.05) is 0 Å². The van der Waals surface area contributed by atoms with Gasteiger partial charge in [0.25, 0.3) is 0 Å². The molecule has 0 aliphatic heterocycles. The van der Waals surface area contributed by atoms with Gasteiger partial charge in [-0.05, 0) is 0 Å². The maximum atomic E-state index is 10.7. The molecule has 0 bridgehead atoms. The van der Waals surface area contributed by atoms with E-state index < -0.39 is 23.4 Å². The molecule has 0 heterocycles. The van der Waals surface area contributed by atoms with E-state index >= 15 is 0 Å². The third-order valence-electron chi connectivity index (χ3n) is 1.15. The van der Waals surface area contributed by atoms with Crippen molar-refractivity contribution in [3.05, 3.63) is 0 Å². The number of methoxy groups -OCH3 is 2. The molecule has 0 aliphatic carbocycles. The molecule has 0 saturated heterocycles. The highest BCUT2D eigenvalue weighted by atomic mass is 35.5. The van der Waals surface area contributed by atoms with Gasteiger partial charge in [-0.15, -0.1) is 11.6 Å². The van der Waals surface area contributed by atoms with Gasteiger partial charge in [0.2, 0.25) is 0 Å². The Morgan fingerprint density at radius 3 is 2.00 bits per heavy atom. The van der Waals surface area contributed by atoms with Crippen LogP contribution in [0.1, 0.15) is 0 Å². The fourth-order valence-corrected chi connectivity index (χ4v) is 0.674. The molecule has 0 unspecified atom stereocenters. The Labute approximate surface area is 74.2 Å². The normalized spacial score (nSPS) is 14.7. The molecular formula is C6H9ClO5. The van der Waals surface area contributed by atoms with Crippen LogP contribution in [0.15, 0.2) is 0 Å². The number of hydrogen-bond acceptors (Lipinski definition) is 5. The van der Waals surface area contributed by atoms with Crippen LogP contribution in [0, 0.1) is 0 Å². The number of ether oxygens (including phenoxy) is 2. The lowest BCUT2D eigenvalue weighted by molar-refractivity contribution is -0.156. The van der Waals surface area contributed by atoms with Crippen LogP contribution in [0.3, 0.4) is 0 Å². The quantitative estimate of drug-likeness (QED) is 0.477. The van der Waals surface area contributed by atoms with Crippen molar-refractivity contribution < 1.29 is 24.2 Å². The van der Waals surface area contributed by atoms with Crippen LogP contribution >= 0.6 is 11.6 Å². The molecule has 0 aromatic heterocycles. The van der Waals surface area contributed by atoms with Gasteiger partial charge < -0.3 is 14.6 Å². The third-order valence-corrected chi connectivity index (χ3v) is 1.56. The smallest absolute Gasteiger partial charge is 0.336 e. The second-order valence-electron chi connectivity index (χ2n) is 1.89. The summed E-state index contributed by atoms with van der Waals surface area (Å²) in [5, 5.41) is 7.55. The number of esters is 2. The molecule has 1 N–H and O–H groups in total. The van der Waals surface area contributed by atoms with E-state index in [0.29, 0.717) is 0 Å². The second-order valence-corrected chi connectivity index (χ2v) is 2.36. The maximum Gasteiger partial charge on any atom is 0.336 e. The minimum Gasteiger partial charge on any atom is -0.468 e. The van der Waals surface area contributed by atoms with Gasteiger partial charge >= 0.3 is 11.9 Å². The van der Waals surface area contributed by atoms with Gasteiger partial charge in [-0.3, -0.25) is 4.79 Å². The van der Waals surface area contributed by atoms with Gasteiger partial charge in [-0.25, -0.2) is 4.79 Å². The van der Waals surface area contributed by atoms with Gasteiger partial charge in [0, 0.05) is 0 Å². The van der Waals surface area contributed by atoms with E-state index in [-0.39, 0.29) is 0 Å². The topological polar surface area (TPSA) is 72.8 Å². The zero-order valence-corrected chi connectivity index (χ0v) is 7.37. The zero-order chi connectivity index (χ0) is 9.72. The molecule has 6 heteroatoms. The van der Waals surface area contributed by atoms with Gasteiger partial charge in [-0.2, -0.15) is 0 Å². The van der Waals surface area contributed by atoms with Crippen molar-refractivity contribution in [2.75, 3.05) is 14.2 Å². The number of halogens is 1. The van der Waals surface area contributed by atoms with Crippen molar-refractivity contribution in [3.63, 3.8) is 0 Å². The van der Waals surface area contributed by atoms with Crippen LogP contribution in [0.25, 0.3) is 0 Å². The van der Waals surface area contributed by atoms with Crippen molar-refractivity contribution >= 4 is 23.5 Å². The molecule has 0 spiro atoms. The summed E-state index contributed by atoms with van der Waals surface area (Å²) in [5.74, 6) is -1.85. The Hall–Kier alpha value is -0.810. The summed E-state index contributed by atoms with van der Waals surface area (Å²) in [7, 11) is 2.17. The van der Waals surface area contributed by atoms with E-state index in [4.69, 9.17) is 16.7 Å². The van der Waals surface area contributed by atoms with E-state index in [1.165, 1.54) is 0 Å². The van der Waals surface area contributed by atoms with Crippen molar-refractivity contribution in [1.82, 2.24) is 0 Å². The van der Waals surface area contributed by atoms with Crippen LogP contribution < -0.4 is 0 Å².